The molecule has 1 aliphatic heterocycles. The Labute approximate surface area is 199 Å². The van der Waals surface area contributed by atoms with Crippen LogP contribution in [0.15, 0.2) is 42.0 Å². The number of likely N-dealkylation sites (tertiary alicyclic amines) is 1. The van der Waals surface area contributed by atoms with Crippen LogP contribution in [-0.4, -0.2) is 82.2 Å². The molecular weight excluding hydrogens is 440 g/mol. The number of methoxy groups -OCH3 is 4. The third-order valence-corrected chi connectivity index (χ3v) is 5.72. The van der Waals surface area contributed by atoms with Gasteiger partial charge in [-0.05, 0) is 32.3 Å². The summed E-state index contributed by atoms with van der Waals surface area (Å²) in [5.74, 6) is -0.201. The lowest BCUT2D eigenvalue weighted by Gasteiger charge is -2.28. The number of para-hydroxylation sites is 1. The van der Waals surface area contributed by atoms with E-state index in [1.165, 1.54) is 33.3 Å². The molecule has 1 aliphatic rings. The number of amides is 1. The molecule has 0 aromatic heterocycles. The highest BCUT2D eigenvalue weighted by molar-refractivity contribution is 6.46. The van der Waals surface area contributed by atoms with E-state index >= 15 is 0 Å². The van der Waals surface area contributed by atoms with Crippen molar-refractivity contribution in [3.05, 3.63) is 53.1 Å². The van der Waals surface area contributed by atoms with E-state index in [2.05, 4.69) is 0 Å². The maximum atomic E-state index is 13.3. The van der Waals surface area contributed by atoms with Gasteiger partial charge >= 0.3 is 0 Å². The second kappa shape index (κ2) is 10.5. The van der Waals surface area contributed by atoms with Crippen LogP contribution < -0.4 is 18.9 Å². The summed E-state index contributed by atoms with van der Waals surface area (Å²) in [6.07, 6.45) is 0. The molecule has 2 aromatic rings. The van der Waals surface area contributed by atoms with Gasteiger partial charge in [0.25, 0.3) is 11.7 Å². The molecule has 182 valence electrons. The van der Waals surface area contributed by atoms with Crippen LogP contribution in [-0.2, 0) is 9.59 Å². The van der Waals surface area contributed by atoms with Crippen molar-refractivity contribution >= 4 is 17.4 Å². The minimum Gasteiger partial charge on any atom is -0.507 e. The highest BCUT2D eigenvalue weighted by Gasteiger charge is 2.47. The van der Waals surface area contributed by atoms with Crippen molar-refractivity contribution in [1.82, 2.24) is 9.80 Å². The molecule has 0 bridgehead atoms. The van der Waals surface area contributed by atoms with Gasteiger partial charge < -0.3 is 33.9 Å². The molecule has 3 rings (SSSR count). The summed E-state index contributed by atoms with van der Waals surface area (Å²) in [7, 11) is 9.70. The zero-order chi connectivity index (χ0) is 25.0. The van der Waals surface area contributed by atoms with Gasteiger partial charge in [0.05, 0.1) is 45.6 Å². The fourth-order valence-electron chi connectivity index (χ4n) is 4.01. The van der Waals surface area contributed by atoms with Crippen molar-refractivity contribution < 1.29 is 33.6 Å². The molecular formula is C25H30N2O7. The van der Waals surface area contributed by atoms with Crippen LogP contribution in [0.3, 0.4) is 0 Å². The third kappa shape index (κ3) is 4.51. The molecule has 1 amide bonds. The van der Waals surface area contributed by atoms with Crippen LogP contribution >= 0.6 is 0 Å². The van der Waals surface area contributed by atoms with Crippen molar-refractivity contribution in [2.24, 2.45) is 0 Å². The fourth-order valence-corrected chi connectivity index (χ4v) is 4.01. The standard InChI is InChI=1S/C25H30N2O7/c1-26(2)12-13-27-21(17-8-7-9-18(32-4)24(17)34-6)20(23(29)25(27)30)22(28)16-11-10-15(31-3)14-19(16)33-5/h7-11,14,21,28H,12-13H2,1-6H3/b22-20+. The average molecular weight is 471 g/mol. The van der Waals surface area contributed by atoms with Gasteiger partial charge in [-0.25, -0.2) is 0 Å². The Bertz CT molecular complexity index is 1110. The Hall–Kier alpha value is -3.72. The zero-order valence-corrected chi connectivity index (χ0v) is 20.2. The number of hydrogen-bond acceptors (Lipinski definition) is 8. The molecule has 1 N–H and O–H groups in total. The molecule has 0 saturated carbocycles. The molecule has 1 fully saturated rings. The largest absolute Gasteiger partial charge is 0.507 e. The number of carbonyl (C=O) groups is 2. The van der Waals surface area contributed by atoms with Crippen molar-refractivity contribution in [1.29, 1.82) is 0 Å². The summed E-state index contributed by atoms with van der Waals surface area (Å²) >= 11 is 0. The molecule has 2 aromatic carbocycles. The van der Waals surface area contributed by atoms with Gasteiger partial charge in [-0.2, -0.15) is 0 Å². The number of carbonyl (C=O) groups excluding carboxylic acids is 2. The molecule has 0 aliphatic carbocycles. The van der Waals surface area contributed by atoms with Gasteiger partial charge in [0.2, 0.25) is 0 Å². The average Bonchev–Trinajstić information content (AvgIpc) is 3.10. The van der Waals surface area contributed by atoms with E-state index in [4.69, 9.17) is 18.9 Å². The van der Waals surface area contributed by atoms with Gasteiger partial charge in [0.1, 0.15) is 17.3 Å². The Morgan fingerprint density at radius 1 is 0.971 bits per heavy atom. The summed E-state index contributed by atoms with van der Waals surface area (Å²) < 4.78 is 21.7. The zero-order valence-electron chi connectivity index (χ0n) is 20.2. The van der Waals surface area contributed by atoms with E-state index in [-0.39, 0.29) is 23.4 Å². The quantitative estimate of drug-likeness (QED) is 0.339. The molecule has 34 heavy (non-hydrogen) atoms. The molecule has 1 atom stereocenters. The third-order valence-electron chi connectivity index (χ3n) is 5.72. The Morgan fingerprint density at radius 3 is 2.26 bits per heavy atom. The smallest absolute Gasteiger partial charge is 0.295 e. The van der Waals surface area contributed by atoms with E-state index in [1.807, 2.05) is 19.0 Å². The van der Waals surface area contributed by atoms with E-state index < -0.39 is 17.7 Å². The highest BCUT2D eigenvalue weighted by Crippen LogP contribution is 2.46. The fraction of sp³-hybridized carbons (Fsp3) is 0.360. The summed E-state index contributed by atoms with van der Waals surface area (Å²) in [6.45, 7) is 0.779. The van der Waals surface area contributed by atoms with Crippen LogP contribution in [0.2, 0.25) is 0 Å². The first-order chi connectivity index (χ1) is 16.3. The van der Waals surface area contributed by atoms with Crippen LogP contribution in [0.1, 0.15) is 17.2 Å². The maximum Gasteiger partial charge on any atom is 0.295 e. The van der Waals surface area contributed by atoms with Crippen molar-refractivity contribution in [2.45, 2.75) is 6.04 Å². The second-order valence-corrected chi connectivity index (χ2v) is 7.94. The monoisotopic (exact) mass is 470 g/mol. The highest BCUT2D eigenvalue weighted by atomic mass is 16.5. The SMILES string of the molecule is COc1ccc(/C(O)=C2\C(=O)C(=O)N(CCN(C)C)C2c2cccc(OC)c2OC)c(OC)c1. The van der Waals surface area contributed by atoms with Crippen LogP contribution in [0.5, 0.6) is 23.0 Å². The summed E-state index contributed by atoms with van der Waals surface area (Å²) in [4.78, 5) is 29.8. The Morgan fingerprint density at radius 2 is 1.68 bits per heavy atom. The van der Waals surface area contributed by atoms with Gasteiger partial charge in [-0.3, -0.25) is 9.59 Å². The lowest BCUT2D eigenvalue weighted by Crippen LogP contribution is -2.35. The second-order valence-electron chi connectivity index (χ2n) is 7.94. The number of ketones is 1. The number of hydrogen-bond donors (Lipinski definition) is 1. The lowest BCUT2D eigenvalue weighted by molar-refractivity contribution is -0.140. The molecule has 9 heteroatoms. The van der Waals surface area contributed by atoms with Gasteiger partial charge in [0, 0.05) is 24.7 Å². The van der Waals surface area contributed by atoms with Crippen LogP contribution in [0.25, 0.3) is 5.76 Å². The van der Waals surface area contributed by atoms with Gasteiger partial charge in [-0.1, -0.05) is 12.1 Å². The summed E-state index contributed by atoms with van der Waals surface area (Å²) in [5.41, 5.74) is 0.730. The van der Waals surface area contributed by atoms with E-state index in [0.29, 0.717) is 35.1 Å². The normalized spacial score (nSPS) is 17.3. The van der Waals surface area contributed by atoms with Crippen molar-refractivity contribution in [2.75, 3.05) is 55.6 Å². The number of rotatable bonds is 9. The van der Waals surface area contributed by atoms with Crippen LogP contribution in [0.4, 0.5) is 0 Å². The van der Waals surface area contributed by atoms with E-state index in [1.54, 1.807) is 36.4 Å². The van der Waals surface area contributed by atoms with Gasteiger partial charge in [0.15, 0.2) is 11.5 Å². The molecule has 1 saturated heterocycles. The predicted molar refractivity (Wildman–Crippen MR) is 127 cm³/mol. The lowest BCUT2D eigenvalue weighted by atomic mass is 9.94. The molecule has 9 nitrogen and oxygen atoms in total. The number of nitrogens with zero attached hydrogens (tertiary/aromatic N) is 2. The van der Waals surface area contributed by atoms with Crippen molar-refractivity contribution in [3.63, 3.8) is 0 Å². The first-order valence-corrected chi connectivity index (χ1v) is 10.6. The van der Waals surface area contributed by atoms with Crippen LogP contribution in [0, 0.1) is 0 Å². The van der Waals surface area contributed by atoms with E-state index in [9.17, 15) is 14.7 Å². The molecule has 1 unspecified atom stereocenters. The number of likely N-dealkylation sites (N-methyl/N-ethyl adjacent to an activating group) is 1. The van der Waals surface area contributed by atoms with Gasteiger partial charge in [-0.15, -0.1) is 0 Å². The Balaban J connectivity index is 2.28. The number of aliphatic hydroxyl groups is 1. The summed E-state index contributed by atoms with van der Waals surface area (Å²) in [5, 5.41) is 11.4. The maximum absolute atomic E-state index is 13.3. The topological polar surface area (TPSA) is 97.8 Å². The molecule has 0 radical (unpaired) electrons. The first-order valence-electron chi connectivity index (χ1n) is 10.6. The minimum atomic E-state index is -0.892. The summed E-state index contributed by atoms with van der Waals surface area (Å²) in [6, 6.07) is 9.15. The minimum absolute atomic E-state index is 0.0567. The number of Topliss-reactive ketones (excluding diaryl/α,β-unsaturated/α-hetero) is 1. The first kappa shape index (κ1) is 24.9. The Kier molecular flexibility index (Phi) is 7.68. The predicted octanol–water partition coefficient (Wildman–Crippen LogP) is 2.70. The number of aliphatic hydroxyl groups excluding tert-OH is 1. The number of benzene rings is 2. The molecule has 0 spiro atoms. The number of ether oxygens (including phenoxy) is 4. The van der Waals surface area contributed by atoms with E-state index in [0.717, 1.165) is 0 Å². The van der Waals surface area contributed by atoms with Crippen molar-refractivity contribution in [3.8, 4) is 23.0 Å². The molecule has 1 heterocycles.